The standard InChI is InChI=1S/C22H18BrClN4OS/c23-15-8-6-14(7-9-15)20-19-17(2-1-3-18(19)29)25-21-26-22(27-28(20)21)30-12-13-4-10-16(24)11-5-13/h4-11,20H,1-3,12H2,(H,25,26,27). The van der Waals surface area contributed by atoms with E-state index in [-0.39, 0.29) is 11.8 Å². The van der Waals surface area contributed by atoms with Gasteiger partial charge in [-0.15, -0.1) is 5.10 Å². The maximum absolute atomic E-state index is 12.8. The maximum atomic E-state index is 12.8. The zero-order chi connectivity index (χ0) is 20.7. The Labute approximate surface area is 192 Å². The van der Waals surface area contributed by atoms with Crippen LogP contribution in [0.2, 0.25) is 5.02 Å². The van der Waals surface area contributed by atoms with Crippen LogP contribution in [0.1, 0.15) is 36.4 Å². The van der Waals surface area contributed by atoms with Crippen molar-refractivity contribution < 1.29 is 4.79 Å². The number of Topliss-reactive ketones (excluding diaryl/α,β-unsaturated/α-hetero) is 1. The molecule has 1 N–H and O–H groups in total. The highest BCUT2D eigenvalue weighted by Crippen LogP contribution is 2.40. The number of hydrogen-bond donors (Lipinski definition) is 1. The van der Waals surface area contributed by atoms with E-state index in [0.29, 0.717) is 17.5 Å². The largest absolute Gasteiger partial charge is 0.328 e. The number of anilines is 1. The van der Waals surface area contributed by atoms with E-state index in [4.69, 9.17) is 21.7 Å². The van der Waals surface area contributed by atoms with Gasteiger partial charge in [0.25, 0.3) is 0 Å². The SMILES string of the molecule is O=C1CCCC2=C1C(c1ccc(Br)cc1)n1nc(SCc3ccc(Cl)cc3)nc1N2. The first kappa shape index (κ1) is 19.8. The third-order valence-electron chi connectivity index (χ3n) is 5.32. The average molecular weight is 502 g/mol. The molecule has 2 aromatic carbocycles. The summed E-state index contributed by atoms with van der Waals surface area (Å²) in [5.41, 5.74) is 3.98. The predicted molar refractivity (Wildman–Crippen MR) is 123 cm³/mol. The molecule has 0 fully saturated rings. The number of aromatic nitrogens is 3. The summed E-state index contributed by atoms with van der Waals surface area (Å²) in [7, 11) is 0. The fraction of sp³-hybridized carbons (Fsp3) is 0.227. The number of fused-ring (bicyclic) bond motifs is 1. The van der Waals surface area contributed by atoms with Gasteiger partial charge in [-0.25, -0.2) is 4.68 Å². The highest BCUT2D eigenvalue weighted by molar-refractivity contribution is 9.10. The number of rotatable bonds is 4. The number of benzene rings is 2. The molecule has 0 bridgehead atoms. The summed E-state index contributed by atoms with van der Waals surface area (Å²) in [4.78, 5) is 17.6. The van der Waals surface area contributed by atoms with E-state index in [9.17, 15) is 4.79 Å². The topological polar surface area (TPSA) is 59.8 Å². The van der Waals surface area contributed by atoms with Crippen molar-refractivity contribution in [1.82, 2.24) is 14.8 Å². The number of carbonyl (C=O) groups is 1. The second-order valence-corrected chi connectivity index (χ2v) is 9.62. The van der Waals surface area contributed by atoms with Crippen LogP contribution in [-0.2, 0) is 10.5 Å². The summed E-state index contributed by atoms with van der Waals surface area (Å²) in [5.74, 6) is 1.62. The minimum Gasteiger partial charge on any atom is -0.328 e. The minimum absolute atomic E-state index is 0.188. The van der Waals surface area contributed by atoms with E-state index >= 15 is 0 Å². The first-order valence-electron chi connectivity index (χ1n) is 9.71. The molecular weight excluding hydrogens is 484 g/mol. The van der Waals surface area contributed by atoms with Crippen molar-refractivity contribution in [3.63, 3.8) is 0 Å². The van der Waals surface area contributed by atoms with Crippen LogP contribution >= 0.6 is 39.3 Å². The molecule has 0 amide bonds. The molecule has 30 heavy (non-hydrogen) atoms. The summed E-state index contributed by atoms with van der Waals surface area (Å²) in [6.07, 6.45) is 2.30. The van der Waals surface area contributed by atoms with E-state index < -0.39 is 0 Å². The van der Waals surface area contributed by atoms with Crippen molar-refractivity contribution in [1.29, 1.82) is 0 Å². The van der Waals surface area contributed by atoms with Gasteiger partial charge in [-0.1, -0.05) is 63.6 Å². The molecule has 0 spiro atoms. The van der Waals surface area contributed by atoms with Gasteiger partial charge < -0.3 is 5.32 Å². The van der Waals surface area contributed by atoms with Crippen molar-refractivity contribution in [3.05, 3.63) is 80.4 Å². The summed E-state index contributed by atoms with van der Waals surface area (Å²) < 4.78 is 2.86. The third kappa shape index (κ3) is 3.82. The number of carbonyl (C=O) groups excluding carboxylic acids is 1. The Hall–Kier alpha value is -2.09. The lowest BCUT2D eigenvalue weighted by molar-refractivity contribution is -0.116. The number of nitrogens with zero attached hydrogens (tertiary/aromatic N) is 3. The Morgan fingerprint density at radius 2 is 1.90 bits per heavy atom. The molecule has 2 heterocycles. The van der Waals surface area contributed by atoms with E-state index in [1.54, 1.807) is 11.8 Å². The second kappa shape index (κ2) is 8.21. The molecule has 1 atom stereocenters. The Kier molecular flexibility index (Phi) is 5.43. The molecule has 5 rings (SSSR count). The summed E-state index contributed by atoms with van der Waals surface area (Å²) in [5, 5.41) is 9.55. The van der Waals surface area contributed by atoms with Gasteiger partial charge in [-0.3, -0.25) is 4.79 Å². The van der Waals surface area contributed by atoms with Gasteiger partial charge in [0.15, 0.2) is 5.78 Å². The molecule has 152 valence electrons. The van der Waals surface area contributed by atoms with Crippen molar-refractivity contribution >= 4 is 51.0 Å². The molecule has 5 nitrogen and oxygen atoms in total. The fourth-order valence-corrected chi connectivity index (χ4v) is 5.05. The van der Waals surface area contributed by atoms with Crippen LogP contribution in [0.3, 0.4) is 0 Å². The number of nitrogens with one attached hydrogen (secondary N) is 1. The molecule has 1 aromatic heterocycles. The molecule has 0 radical (unpaired) electrons. The van der Waals surface area contributed by atoms with E-state index in [0.717, 1.165) is 50.5 Å². The minimum atomic E-state index is -0.255. The van der Waals surface area contributed by atoms with Crippen LogP contribution in [0.4, 0.5) is 5.95 Å². The summed E-state index contributed by atoms with van der Waals surface area (Å²) in [6.45, 7) is 0. The van der Waals surface area contributed by atoms with Crippen LogP contribution < -0.4 is 5.32 Å². The lowest BCUT2D eigenvalue weighted by atomic mass is 9.85. The van der Waals surface area contributed by atoms with Crippen molar-refractivity contribution in [2.45, 2.75) is 36.2 Å². The zero-order valence-electron chi connectivity index (χ0n) is 15.9. The number of allylic oxidation sites excluding steroid dienone is 2. The van der Waals surface area contributed by atoms with E-state index in [2.05, 4.69) is 21.2 Å². The summed E-state index contributed by atoms with van der Waals surface area (Å²) in [6, 6.07) is 15.6. The zero-order valence-corrected chi connectivity index (χ0v) is 19.1. The normalized spacial score (nSPS) is 18.1. The van der Waals surface area contributed by atoms with Crippen LogP contribution in [0.5, 0.6) is 0 Å². The summed E-state index contributed by atoms with van der Waals surface area (Å²) >= 11 is 11.0. The molecular formula is C22H18BrClN4OS. The van der Waals surface area contributed by atoms with Crippen LogP contribution in [0, 0.1) is 0 Å². The number of ketones is 1. The Balaban J connectivity index is 1.49. The third-order valence-corrected chi connectivity index (χ3v) is 7.01. The highest BCUT2D eigenvalue weighted by Gasteiger charge is 2.36. The van der Waals surface area contributed by atoms with Crippen LogP contribution in [-0.4, -0.2) is 20.5 Å². The van der Waals surface area contributed by atoms with Gasteiger partial charge >= 0.3 is 0 Å². The number of hydrogen-bond acceptors (Lipinski definition) is 5. The molecule has 1 aliphatic heterocycles. The maximum Gasteiger partial charge on any atom is 0.227 e. The molecule has 1 unspecified atom stereocenters. The molecule has 3 aromatic rings. The predicted octanol–water partition coefficient (Wildman–Crippen LogP) is 6.01. The van der Waals surface area contributed by atoms with Gasteiger partial charge in [0, 0.05) is 32.9 Å². The van der Waals surface area contributed by atoms with Gasteiger partial charge in [-0.05, 0) is 48.2 Å². The van der Waals surface area contributed by atoms with Gasteiger partial charge in [0.1, 0.15) is 6.04 Å². The van der Waals surface area contributed by atoms with Crippen molar-refractivity contribution in [2.24, 2.45) is 0 Å². The van der Waals surface area contributed by atoms with E-state index in [1.165, 1.54) is 0 Å². The lowest BCUT2D eigenvalue weighted by Gasteiger charge is -2.32. The molecule has 0 saturated heterocycles. The fourth-order valence-electron chi connectivity index (χ4n) is 3.88. The van der Waals surface area contributed by atoms with Crippen LogP contribution in [0.15, 0.2) is 69.4 Å². The molecule has 1 aliphatic carbocycles. The van der Waals surface area contributed by atoms with Gasteiger partial charge in [0.2, 0.25) is 11.1 Å². The smallest absolute Gasteiger partial charge is 0.227 e. The monoisotopic (exact) mass is 500 g/mol. The Bertz CT molecular complexity index is 1140. The molecule has 8 heteroatoms. The first-order chi connectivity index (χ1) is 14.6. The lowest BCUT2D eigenvalue weighted by Crippen LogP contribution is -2.31. The highest BCUT2D eigenvalue weighted by atomic mass is 79.9. The van der Waals surface area contributed by atoms with Crippen LogP contribution in [0.25, 0.3) is 0 Å². The van der Waals surface area contributed by atoms with Crippen molar-refractivity contribution in [2.75, 3.05) is 5.32 Å². The Morgan fingerprint density at radius 1 is 1.13 bits per heavy atom. The Morgan fingerprint density at radius 3 is 2.67 bits per heavy atom. The molecule has 2 aliphatic rings. The molecule has 0 saturated carbocycles. The van der Waals surface area contributed by atoms with Crippen molar-refractivity contribution in [3.8, 4) is 0 Å². The van der Waals surface area contributed by atoms with Gasteiger partial charge in [-0.2, -0.15) is 4.98 Å². The number of thioether (sulfide) groups is 1. The van der Waals surface area contributed by atoms with Gasteiger partial charge in [0.05, 0.1) is 0 Å². The second-order valence-electron chi connectivity index (χ2n) is 7.33. The first-order valence-corrected chi connectivity index (χ1v) is 11.9. The average Bonchev–Trinajstić information content (AvgIpc) is 3.15. The quantitative estimate of drug-likeness (QED) is 0.444. The number of halogens is 2. The van der Waals surface area contributed by atoms with E-state index in [1.807, 2.05) is 53.2 Å².